The molecule has 0 aliphatic heterocycles. The van der Waals surface area contributed by atoms with Gasteiger partial charge in [-0.2, -0.15) is 0 Å². The SMILES string of the molecule is c1ccc(-n2c(SCc3ccon3)nc3ccccc32)cc1. The molecule has 0 aliphatic carbocycles. The molecule has 0 fully saturated rings. The topological polar surface area (TPSA) is 43.9 Å². The van der Waals surface area contributed by atoms with Gasteiger partial charge in [-0.3, -0.25) is 4.57 Å². The van der Waals surface area contributed by atoms with Crippen LogP contribution in [0.25, 0.3) is 16.7 Å². The summed E-state index contributed by atoms with van der Waals surface area (Å²) in [6.07, 6.45) is 1.59. The number of benzene rings is 2. The normalized spacial score (nSPS) is 11.1. The number of para-hydroxylation sites is 3. The molecule has 0 unspecified atom stereocenters. The second-order valence-corrected chi connectivity index (χ2v) is 5.78. The summed E-state index contributed by atoms with van der Waals surface area (Å²) >= 11 is 1.65. The summed E-state index contributed by atoms with van der Waals surface area (Å²) in [6.45, 7) is 0. The van der Waals surface area contributed by atoms with Crippen LogP contribution in [0, 0.1) is 0 Å². The number of imidazole rings is 1. The number of thioether (sulfide) groups is 1. The Morgan fingerprint density at radius 2 is 1.77 bits per heavy atom. The molecule has 0 spiro atoms. The molecule has 2 heterocycles. The first-order chi connectivity index (χ1) is 10.9. The van der Waals surface area contributed by atoms with Crippen molar-refractivity contribution in [3.63, 3.8) is 0 Å². The molecular weight excluding hydrogens is 294 g/mol. The van der Waals surface area contributed by atoms with Crippen LogP contribution in [0.3, 0.4) is 0 Å². The predicted octanol–water partition coefficient (Wildman–Crippen LogP) is 4.31. The first-order valence-electron chi connectivity index (χ1n) is 6.97. The number of nitrogens with zero attached hydrogens (tertiary/aromatic N) is 3. The highest BCUT2D eigenvalue weighted by molar-refractivity contribution is 7.98. The van der Waals surface area contributed by atoms with Crippen LogP contribution >= 0.6 is 11.8 Å². The summed E-state index contributed by atoms with van der Waals surface area (Å²) in [5, 5.41) is 4.91. The van der Waals surface area contributed by atoms with Crippen molar-refractivity contribution in [2.45, 2.75) is 10.9 Å². The van der Waals surface area contributed by atoms with Gasteiger partial charge in [0, 0.05) is 17.5 Å². The fraction of sp³-hybridized carbons (Fsp3) is 0.0588. The highest BCUT2D eigenvalue weighted by Gasteiger charge is 2.13. The fourth-order valence-electron chi connectivity index (χ4n) is 2.38. The summed E-state index contributed by atoms with van der Waals surface area (Å²) in [4.78, 5) is 4.76. The van der Waals surface area contributed by atoms with E-state index in [9.17, 15) is 0 Å². The summed E-state index contributed by atoms with van der Waals surface area (Å²) in [5.74, 6) is 0.729. The van der Waals surface area contributed by atoms with E-state index in [0.29, 0.717) is 0 Å². The minimum absolute atomic E-state index is 0.729. The average molecular weight is 307 g/mol. The number of aromatic nitrogens is 3. The monoisotopic (exact) mass is 307 g/mol. The molecule has 22 heavy (non-hydrogen) atoms. The molecule has 5 heteroatoms. The van der Waals surface area contributed by atoms with Gasteiger partial charge in [-0.05, 0) is 24.3 Å². The van der Waals surface area contributed by atoms with Gasteiger partial charge in [0.15, 0.2) is 5.16 Å². The largest absolute Gasteiger partial charge is 0.364 e. The van der Waals surface area contributed by atoms with E-state index in [4.69, 9.17) is 9.51 Å². The van der Waals surface area contributed by atoms with Crippen molar-refractivity contribution in [1.29, 1.82) is 0 Å². The fourth-order valence-corrected chi connectivity index (χ4v) is 3.30. The standard InChI is InChI=1S/C17H13N3OS/c1-2-6-14(7-3-1)20-16-9-5-4-8-15(16)18-17(20)22-12-13-10-11-21-19-13/h1-11H,12H2. The molecule has 0 saturated carbocycles. The van der Waals surface area contributed by atoms with Gasteiger partial charge in [0.1, 0.15) is 6.26 Å². The van der Waals surface area contributed by atoms with E-state index < -0.39 is 0 Å². The van der Waals surface area contributed by atoms with E-state index in [0.717, 1.165) is 33.3 Å². The smallest absolute Gasteiger partial charge is 0.174 e. The Hall–Kier alpha value is -2.53. The zero-order valence-electron chi connectivity index (χ0n) is 11.7. The van der Waals surface area contributed by atoms with E-state index in [2.05, 4.69) is 27.9 Å². The second kappa shape index (κ2) is 5.69. The molecule has 2 aromatic carbocycles. The third-order valence-electron chi connectivity index (χ3n) is 3.38. The van der Waals surface area contributed by atoms with Crippen molar-refractivity contribution in [1.82, 2.24) is 14.7 Å². The van der Waals surface area contributed by atoms with Crippen LogP contribution in [0.4, 0.5) is 0 Å². The minimum Gasteiger partial charge on any atom is -0.364 e. The van der Waals surface area contributed by atoms with Crippen LogP contribution in [0.2, 0.25) is 0 Å². The molecule has 0 amide bonds. The Kier molecular flexibility index (Phi) is 3.40. The molecule has 0 aliphatic rings. The summed E-state index contributed by atoms with van der Waals surface area (Å²) in [7, 11) is 0. The maximum absolute atomic E-state index is 4.89. The Morgan fingerprint density at radius 1 is 0.955 bits per heavy atom. The lowest BCUT2D eigenvalue weighted by Crippen LogP contribution is -1.96. The van der Waals surface area contributed by atoms with Gasteiger partial charge in [0.25, 0.3) is 0 Å². The lowest BCUT2D eigenvalue weighted by molar-refractivity contribution is 0.414. The number of hydrogen-bond acceptors (Lipinski definition) is 4. The first-order valence-corrected chi connectivity index (χ1v) is 7.95. The van der Waals surface area contributed by atoms with Crippen molar-refractivity contribution in [2.75, 3.05) is 0 Å². The van der Waals surface area contributed by atoms with Gasteiger partial charge in [-0.1, -0.05) is 47.3 Å². The summed E-state index contributed by atoms with van der Waals surface area (Å²) in [6, 6.07) is 20.3. The minimum atomic E-state index is 0.729. The van der Waals surface area contributed by atoms with Crippen LogP contribution in [-0.4, -0.2) is 14.7 Å². The molecule has 108 valence electrons. The molecule has 4 aromatic rings. The maximum Gasteiger partial charge on any atom is 0.174 e. The predicted molar refractivity (Wildman–Crippen MR) is 87.1 cm³/mol. The molecule has 0 atom stereocenters. The van der Waals surface area contributed by atoms with E-state index in [1.165, 1.54) is 0 Å². The molecule has 0 saturated heterocycles. The summed E-state index contributed by atoms with van der Waals surface area (Å²) < 4.78 is 7.07. The van der Waals surface area contributed by atoms with Crippen LogP contribution in [0.5, 0.6) is 0 Å². The number of rotatable bonds is 4. The van der Waals surface area contributed by atoms with Crippen LogP contribution in [0.1, 0.15) is 5.69 Å². The maximum atomic E-state index is 4.89. The molecular formula is C17H13N3OS. The highest BCUT2D eigenvalue weighted by Crippen LogP contribution is 2.29. The molecule has 0 bridgehead atoms. The average Bonchev–Trinajstić information content (AvgIpc) is 3.21. The Labute approximate surface area is 131 Å². The Bertz CT molecular complexity index is 885. The van der Waals surface area contributed by atoms with Crippen LogP contribution in [0.15, 0.2) is 76.6 Å². The van der Waals surface area contributed by atoms with E-state index >= 15 is 0 Å². The van der Waals surface area contributed by atoms with E-state index in [-0.39, 0.29) is 0 Å². The number of fused-ring (bicyclic) bond motifs is 1. The molecule has 2 aromatic heterocycles. The van der Waals surface area contributed by atoms with Crippen molar-refractivity contribution in [2.24, 2.45) is 0 Å². The molecule has 4 rings (SSSR count). The van der Waals surface area contributed by atoms with Gasteiger partial charge in [-0.15, -0.1) is 0 Å². The Morgan fingerprint density at radius 3 is 2.59 bits per heavy atom. The third kappa shape index (κ3) is 2.40. The number of hydrogen-bond donors (Lipinski definition) is 0. The van der Waals surface area contributed by atoms with Gasteiger partial charge >= 0.3 is 0 Å². The third-order valence-corrected chi connectivity index (χ3v) is 4.36. The Balaban J connectivity index is 1.79. The van der Waals surface area contributed by atoms with Crippen molar-refractivity contribution in [3.8, 4) is 5.69 Å². The van der Waals surface area contributed by atoms with Gasteiger partial charge in [0.2, 0.25) is 0 Å². The lowest BCUT2D eigenvalue weighted by atomic mass is 10.3. The van der Waals surface area contributed by atoms with Crippen molar-refractivity contribution in [3.05, 3.63) is 72.6 Å². The second-order valence-electron chi connectivity index (χ2n) is 4.83. The van der Waals surface area contributed by atoms with E-state index in [1.807, 2.05) is 42.5 Å². The molecule has 0 N–H and O–H groups in total. The van der Waals surface area contributed by atoms with Crippen LogP contribution in [-0.2, 0) is 5.75 Å². The van der Waals surface area contributed by atoms with Crippen molar-refractivity contribution >= 4 is 22.8 Å². The molecule has 4 nitrogen and oxygen atoms in total. The van der Waals surface area contributed by atoms with Crippen molar-refractivity contribution < 1.29 is 4.52 Å². The van der Waals surface area contributed by atoms with Crippen LogP contribution < -0.4 is 0 Å². The zero-order valence-corrected chi connectivity index (χ0v) is 12.5. The first kappa shape index (κ1) is 13.2. The van der Waals surface area contributed by atoms with Gasteiger partial charge in [0.05, 0.1) is 16.7 Å². The van der Waals surface area contributed by atoms with Gasteiger partial charge < -0.3 is 4.52 Å². The molecule has 0 radical (unpaired) electrons. The quantitative estimate of drug-likeness (QED) is 0.527. The summed E-state index contributed by atoms with van der Waals surface area (Å²) in [5.41, 5.74) is 4.13. The highest BCUT2D eigenvalue weighted by atomic mass is 32.2. The van der Waals surface area contributed by atoms with Gasteiger partial charge in [-0.25, -0.2) is 4.98 Å². The van der Waals surface area contributed by atoms with E-state index in [1.54, 1.807) is 18.0 Å². The lowest BCUT2D eigenvalue weighted by Gasteiger charge is -2.08. The zero-order chi connectivity index (χ0) is 14.8.